The van der Waals surface area contributed by atoms with Gasteiger partial charge in [0.15, 0.2) is 5.16 Å². The van der Waals surface area contributed by atoms with Crippen molar-refractivity contribution in [1.29, 1.82) is 0 Å². The number of nitrogens with zero attached hydrogens (tertiary/aromatic N) is 3. The SMILES string of the molecule is Cc1ccc(N2CCN(C(=O)CSc3nc4ccc(C)cc4[nH]3)CC2)cc1. The van der Waals surface area contributed by atoms with Gasteiger partial charge >= 0.3 is 0 Å². The number of aryl methyl sites for hydroxylation is 2. The molecular weight excluding hydrogens is 356 g/mol. The number of aromatic nitrogens is 2. The number of benzene rings is 2. The smallest absolute Gasteiger partial charge is 0.233 e. The van der Waals surface area contributed by atoms with Crippen LogP contribution in [0.4, 0.5) is 5.69 Å². The van der Waals surface area contributed by atoms with Crippen LogP contribution >= 0.6 is 11.8 Å². The molecule has 1 aliphatic rings. The molecule has 5 nitrogen and oxygen atoms in total. The largest absolute Gasteiger partial charge is 0.368 e. The summed E-state index contributed by atoms with van der Waals surface area (Å²) < 4.78 is 0. The predicted octanol–water partition coefficient (Wildman–Crippen LogP) is 3.62. The molecule has 1 N–H and O–H groups in total. The molecule has 2 heterocycles. The fourth-order valence-corrected chi connectivity index (χ4v) is 4.15. The van der Waals surface area contributed by atoms with Gasteiger partial charge in [0.2, 0.25) is 5.91 Å². The van der Waals surface area contributed by atoms with Gasteiger partial charge in [0, 0.05) is 31.9 Å². The molecule has 4 rings (SSSR count). The number of imidazole rings is 1. The molecule has 0 unspecified atom stereocenters. The van der Waals surface area contributed by atoms with E-state index in [0.717, 1.165) is 42.4 Å². The molecule has 27 heavy (non-hydrogen) atoms. The Morgan fingerprint density at radius 2 is 1.74 bits per heavy atom. The lowest BCUT2D eigenvalue weighted by atomic mass is 10.2. The molecule has 0 saturated carbocycles. The summed E-state index contributed by atoms with van der Waals surface area (Å²) in [5.74, 6) is 0.601. The summed E-state index contributed by atoms with van der Waals surface area (Å²) in [6, 6.07) is 14.7. The third-order valence-corrected chi connectivity index (χ3v) is 5.84. The zero-order valence-corrected chi connectivity index (χ0v) is 16.6. The van der Waals surface area contributed by atoms with E-state index in [2.05, 4.69) is 65.1 Å². The zero-order valence-electron chi connectivity index (χ0n) is 15.7. The zero-order chi connectivity index (χ0) is 18.8. The summed E-state index contributed by atoms with van der Waals surface area (Å²) >= 11 is 1.48. The number of nitrogens with one attached hydrogen (secondary N) is 1. The van der Waals surface area contributed by atoms with Gasteiger partial charge in [-0.05, 0) is 43.7 Å². The minimum atomic E-state index is 0.181. The lowest BCUT2D eigenvalue weighted by Gasteiger charge is -2.36. The van der Waals surface area contributed by atoms with E-state index in [4.69, 9.17) is 0 Å². The Morgan fingerprint density at radius 1 is 1.04 bits per heavy atom. The average Bonchev–Trinajstić information content (AvgIpc) is 3.09. The van der Waals surface area contributed by atoms with E-state index in [0.29, 0.717) is 5.75 Å². The summed E-state index contributed by atoms with van der Waals surface area (Å²) in [7, 11) is 0. The fourth-order valence-electron chi connectivity index (χ4n) is 3.36. The van der Waals surface area contributed by atoms with Crippen LogP contribution in [0.2, 0.25) is 0 Å². The van der Waals surface area contributed by atoms with Gasteiger partial charge in [-0.25, -0.2) is 4.98 Å². The number of carbonyl (C=O) groups excluding carboxylic acids is 1. The Kier molecular flexibility index (Phi) is 5.07. The standard InChI is InChI=1S/C21H24N4OS/c1-15-3-6-17(7-4-15)24-9-11-25(12-10-24)20(26)14-27-21-22-18-8-5-16(2)13-19(18)23-21/h3-8,13H,9-12,14H2,1-2H3,(H,22,23). The first-order chi connectivity index (χ1) is 13.1. The fraction of sp³-hybridized carbons (Fsp3) is 0.333. The van der Waals surface area contributed by atoms with Crippen molar-refractivity contribution in [1.82, 2.24) is 14.9 Å². The van der Waals surface area contributed by atoms with Crippen molar-refractivity contribution >= 4 is 34.4 Å². The van der Waals surface area contributed by atoms with Crippen molar-refractivity contribution in [2.45, 2.75) is 19.0 Å². The number of carbonyl (C=O) groups is 1. The van der Waals surface area contributed by atoms with Gasteiger partial charge in [-0.2, -0.15) is 0 Å². The first-order valence-corrected chi connectivity index (χ1v) is 10.3. The Balaban J connectivity index is 1.30. The van der Waals surface area contributed by atoms with E-state index in [1.165, 1.54) is 28.6 Å². The molecule has 6 heteroatoms. The molecule has 0 bridgehead atoms. The Labute approximate surface area is 163 Å². The summed E-state index contributed by atoms with van der Waals surface area (Å²) in [6.45, 7) is 7.46. The van der Waals surface area contributed by atoms with E-state index in [-0.39, 0.29) is 5.91 Å². The second-order valence-electron chi connectivity index (χ2n) is 7.05. The third-order valence-electron chi connectivity index (χ3n) is 4.98. The number of hydrogen-bond donors (Lipinski definition) is 1. The Bertz CT molecular complexity index is 942. The third kappa shape index (κ3) is 4.11. The van der Waals surface area contributed by atoms with E-state index in [1.807, 2.05) is 11.0 Å². The summed E-state index contributed by atoms with van der Waals surface area (Å²) in [4.78, 5) is 24.7. The van der Waals surface area contributed by atoms with E-state index in [1.54, 1.807) is 0 Å². The number of piperazine rings is 1. The maximum atomic E-state index is 12.6. The number of amides is 1. The molecule has 0 radical (unpaired) electrons. The second-order valence-corrected chi connectivity index (χ2v) is 8.02. The Hall–Kier alpha value is -2.47. The average molecular weight is 381 g/mol. The van der Waals surface area contributed by atoms with Gasteiger partial charge in [-0.15, -0.1) is 0 Å². The molecule has 0 atom stereocenters. The van der Waals surface area contributed by atoms with Gasteiger partial charge in [0.05, 0.1) is 16.8 Å². The summed E-state index contributed by atoms with van der Waals surface area (Å²) in [5.41, 5.74) is 5.68. The van der Waals surface area contributed by atoms with Gasteiger partial charge in [0.25, 0.3) is 0 Å². The molecule has 1 amide bonds. The number of aromatic amines is 1. The van der Waals surface area contributed by atoms with Crippen molar-refractivity contribution in [3.8, 4) is 0 Å². The molecule has 1 aliphatic heterocycles. The maximum Gasteiger partial charge on any atom is 0.233 e. The van der Waals surface area contributed by atoms with E-state index in [9.17, 15) is 4.79 Å². The quantitative estimate of drug-likeness (QED) is 0.703. The molecule has 0 spiro atoms. The highest BCUT2D eigenvalue weighted by molar-refractivity contribution is 7.99. The van der Waals surface area contributed by atoms with Crippen molar-refractivity contribution in [3.05, 3.63) is 53.6 Å². The van der Waals surface area contributed by atoms with Crippen LogP contribution in [0.5, 0.6) is 0 Å². The molecular formula is C21H24N4OS. The number of anilines is 1. The lowest BCUT2D eigenvalue weighted by molar-refractivity contribution is -0.128. The van der Waals surface area contributed by atoms with E-state index < -0.39 is 0 Å². The van der Waals surface area contributed by atoms with Crippen LogP contribution in [0.1, 0.15) is 11.1 Å². The number of hydrogen-bond acceptors (Lipinski definition) is 4. The second kappa shape index (κ2) is 7.64. The first-order valence-electron chi connectivity index (χ1n) is 9.27. The number of fused-ring (bicyclic) bond motifs is 1. The van der Waals surface area contributed by atoms with Crippen LogP contribution in [0.3, 0.4) is 0 Å². The van der Waals surface area contributed by atoms with Crippen molar-refractivity contribution in [2.75, 3.05) is 36.8 Å². The van der Waals surface area contributed by atoms with Crippen LogP contribution in [0, 0.1) is 13.8 Å². The maximum absolute atomic E-state index is 12.6. The van der Waals surface area contributed by atoms with Crippen LogP contribution < -0.4 is 4.90 Å². The highest BCUT2D eigenvalue weighted by Crippen LogP contribution is 2.22. The van der Waals surface area contributed by atoms with E-state index >= 15 is 0 Å². The molecule has 1 saturated heterocycles. The van der Waals surface area contributed by atoms with Crippen molar-refractivity contribution in [3.63, 3.8) is 0 Å². The van der Waals surface area contributed by atoms with Crippen LogP contribution in [-0.2, 0) is 4.79 Å². The van der Waals surface area contributed by atoms with Crippen LogP contribution in [-0.4, -0.2) is 52.7 Å². The van der Waals surface area contributed by atoms with Crippen molar-refractivity contribution in [2.24, 2.45) is 0 Å². The lowest BCUT2D eigenvalue weighted by Crippen LogP contribution is -2.49. The molecule has 3 aromatic rings. The minimum absolute atomic E-state index is 0.181. The van der Waals surface area contributed by atoms with Gasteiger partial charge < -0.3 is 14.8 Å². The van der Waals surface area contributed by atoms with Crippen LogP contribution in [0.25, 0.3) is 11.0 Å². The monoisotopic (exact) mass is 380 g/mol. The number of H-pyrrole nitrogens is 1. The highest BCUT2D eigenvalue weighted by atomic mass is 32.2. The predicted molar refractivity (Wildman–Crippen MR) is 112 cm³/mol. The molecule has 1 fully saturated rings. The Morgan fingerprint density at radius 3 is 2.48 bits per heavy atom. The molecule has 1 aromatic heterocycles. The normalized spacial score (nSPS) is 14.7. The van der Waals surface area contributed by atoms with Gasteiger partial charge in [0.1, 0.15) is 0 Å². The molecule has 140 valence electrons. The van der Waals surface area contributed by atoms with Crippen molar-refractivity contribution < 1.29 is 4.79 Å². The molecule has 2 aromatic carbocycles. The van der Waals surface area contributed by atoms with Gasteiger partial charge in [-0.3, -0.25) is 4.79 Å². The molecule has 0 aliphatic carbocycles. The highest BCUT2D eigenvalue weighted by Gasteiger charge is 2.21. The first kappa shape index (κ1) is 17.9. The van der Waals surface area contributed by atoms with Crippen LogP contribution in [0.15, 0.2) is 47.6 Å². The number of rotatable bonds is 4. The topological polar surface area (TPSA) is 52.2 Å². The van der Waals surface area contributed by atoms with Gasteiger partial charge in [-0.1, -0.05) is 35.5 Å². The summed E-state index contributed by atoms with van der Waals surface area (Å²) in [5, 5.41) is 0.808. The number of thioether (sulfide) groups is 1. The minimum Gasteiger partial charge on any atom is -0.368 e. The summed E-state index contributed by atoms with van der Waals surface area (Å²) in [6.07, 6.45) is 0.